The first-order valence-electron chi connectivity index (χ1n) is 6.96. The van der Waals surface area contributed by atoms with Gasteiger partial charge in [0.25, 0.3) is 0 Å². The minimum absolute atomic E-state index is 0.297. The van der Waals surface area contributed by atoms with Crippen LogP contribution in [0.15, 0.2) is 53.6 Å². The molecule has 0 saturated carbocycles. The van der Waals surface area contributed by atoms with Crippen molar-refractivity contribution >= 4 is 51.8 Å². The largest absolute Gasteiger partial charge is 0.461 e. The summed E-state index contributed by atoms with van der Waals surface area (Å²) in [6.45, 7) is 0.297. The quantitative estimate of drug-likeness (QED) is 0.372. The third-order valence-corrected chi connectivity index (χ3v) is 4.97. The second kappa shape index (κ2) is 7.30. The summed E-state index contributed by atoms with van der Waals surface area (Å²) >= 11 is 13.5. The molecule has 0 amide bonds. The second-order valence-corrected chi connectivity index (χ2v) is 6.79. The van der Waals surface area contributed by atoms with Crippen LogP contribution in [0.25, 0.3) is 10.9 Å². The fraction of sp³-hybridized carbons (Fsp3) is 0.118. The predicted octanol–water partition coefficient (Wildman–Crippen LogP) is 5.42. The Morgan fingerprint density at radius 3 is 2.87 bits per heavy atom. The number of aromatic amines is 1. The lowest BCUT2D eigenvalue weighted by Gasteiger charge is -2.06. The third kappa shape index (κ3) is 3.83. The molecule has 0 spiro atoms. The van der Waals surface area contributed by atoms with Gasteiger partial charge < -0.3 is 9.72 Å². The van der Waals surface area contributed by atoms with Gasteiger partial charge in [-0.25, -0.2) is 4.79 Å². The van der Waals surface area contributed by atoms with E-state index >= 15 is 0 Å². The number of hydrogen-bond donors (Lipinski definition) is 1. The first-order chi connectivity index (χ1) is 11.1. The molecule has 0 aliphatic heterocycles. The fourth-order valence-corrected chi connectivity index (χ4v) is 3.51. The Morgan fingerprint density at radius 1 is 1.17 bits per heavy atom. The van der Waals surface area contributed by atoms with Gasteiger partial charge in [-0.1, -0.05) is 41.4 Å². The molecule has 1 N–H and O–H groups in total. The van der Waals surface area contributed by atoms with Gasteiger partial charge in [0, 0.05) is 32.8 Å². The van der Waals surface area contributed by atoms with Crippen LogP contribution in [0.2, 0.25) is 10.0 Å². The van der Waals surface area contributed by atoms with Crippen molar-refractivity contribution in [2.24, 2.45) is 0 Å². The number of thioether (sulfide) groups is 1. The molecular formula is C17H13Cl2NO2S. The van der Waals surface area contributed by atoms with E-state index in [9.17, 15) is 4.79 Å². The minimum Gasteiger partial charge on any atom is -0.461 e. The van der Waals surface area contributed by atoms with Gasteiger partial charge in [-0.2, -0.15) is 0 Å². The van der Waals surface area contributed by atoms with E-state index in [1.165, 1.54) is 11.8 Å². The molecule has 0 radical (unpaired) electrons. The highest BCUT2D eigenvalue weighted by Crippen LogP contribution is 2.29. The number of para-hydroxylation sites is 1. The predicted molar refractivity (Wildman–Crippen MR) is 95.8 cm³/mol. The number of hydrogen-bond acceptors (Lipinski definition) is 3. The van der Waals surface area contributed by atoms with Crippen molar-refractivity contribution in [3.63, 3.8) is 0 Å². The van der Waals surface area contributed by atoms with Crippen molar-refractivity contribution in [2.75, 3.05) is 12.4 Å². The summed E-state index contributed by atoms with van der Waals surface area (Å²) in [5, 5.41) is 2.14. The zero-order valence-corrected chi connectivity index (χ0v) is 14.3. The van der Waals surface area contributed by atoms with Crippen molar-refractivity contribution in [1.82, 2.24) is 4.98 Å². The van der Waals surface area contributed by atoms with Crippen molar-refractivity contribution in [2.45, 2.75) is 4.90 Å². The molecule has 0 unspecified atom stereocenters. The van der Waals surface area contributed by atoms with Crippen LogP contribution in [0.3, 0.4) is 0 Å². The zero-order chi connectivity index (χ0) is 16.2. The number of fused-ring (bicyclic) bond motifs is 1. The average molecular weight is 366 g/mol. The molecule has 0 fully saturated rings. The highest BCUT2D eigenvalue weighted by atomic mass is 35.5. The Labute approximate surface area is 147 Å². The molecule has 0 atom stereocenters. The zero-order valence-electron chi connectivity index (χ0n) is 12.0. The maximum Gasteiger partial charge on any atom is 0.340 e. The van der Waals surface area contributed by atoms with Gasteiger partial charge in [-0.15, -0.1) is 11.8 Å². The van der Waals surface area contributed by atoms with E-state index in [0.29, 0.717) is 28.0 Å². The molecule has 118 valence electrons. The van der Waals surface area contributed by atoms with Gasteiger partial charge in [0.1, 0.15) is 6.61 Å². The summed E-state index contributed by atoms with van der Waals surface area (Å²) in [5.41, 5.74) is 1.46. The van der Waals surface area contributed by atoms with E-state index in [1.54, 1.807) is 24.4 Å². The molecule has 0 saturated heterocycles. The summed E-state index contributed by atoms with van der Waals surface area (Å²) in [6.07, 6.45) is 1.67. The molecule has 3 nitrogen and oxygen atoms in total. The average Bonchev–Trinajstić information content (AvgIpc) is 2.98. The summed E-state index contributed by atoms with van der Waals surface area (Å²) in [4.78, 5) is 16.1. The van der Waals surface area contributed by atoms with E-state index in [4.69, 9.17) is 27.9 Å². The van der Waals surface area contributed by atoms with Crippen LogP contribution < -0.4 is 0 Å². The maximum atomic E-state index is 12.2. The summed E-state index contributed by atoms with van der Waals surface area (Å²) in [5.74, 6) is 0.272. The van der Waals surface area contributed by atoms with Crippen molar-refractivity contribution < 1.29 is 9.53 Å². The van der Waals surface area contributed by atoms with Gasteiger partial charge in [-0.05, 0) is 24.3 Å². The highest BCUT2D eigenvalue weighted by molar-refractivity contribution is 7.99. The van der Waals surface area contributed by atoms with Crippen LogP contribution in [0.4, 0.5) is 0 Å². The van der Waals surface area contributed by atoms with E-state index < -0.39 is 0 Å². The number of carbonyl (C=O) groups excluding carboxylic acids is 1. The number of H-pyrrole nitrogens is 1. The number of ether oxygens (including phenoxy) is 1. The first kappa shape index (κ1) is 16.2. The van der Waals surface area contributed by atoms with Crippen molar-refractivity contribution in [3.05, 3.63) is 64.3 Å². The van der Waals surface area contributed by atoms with E-state index in [1.807, 2.05) is 24.3 Å². The molecule has 0 aliphatic carbocycles. The van der Waals surface area contributed by atoms with Crippen molar-refractivity contribution in [1.29, 1.82) is 0 Å². The van der Waals surface area contributed by atoms with Gasteiger partial charge in [0.05, 0.1) is 10.6 Å². The van der Waals surface area contributed by atoms with Crippen LogP contribution in [0.5, 0.6) is 0 Å². The van der Waals surface area contributed by atoms with Crippen LogP contribution in [0, 0.1) is 0 Å². The number of esters is 1. The molecule has 23 heavy (non-hydrogen) atoms. The van der Waals surface area contributed by atoms with Gasteiger partial charge in [-0.3, -0.25) is 0 Å². The number of halogens is 2. The van der Waals surface area contributed by atoms with Crippen molar-refractivity contribution in [3.8, 4) is 0 Å². The molecule has 3 rings (SSSR count). The van der Waals surface area contributed by atoms with Gasteiger partial charge in [0.15, 0.2) is 0 Å². The molecule has 2 aromatic carbocycles. The van der Waals surface area contributed by atoms with Crippen LogP contribution >= 0.6 is 35.0 Å². The lowest BCUT2D eigenvalue weighted by atomic mass is 10.2. The Hall–Kier alpha value is -1.62. The number of nitrogens with one attached hydrogen (secondary N) is 1. The van der Waals surface area contributed by atoms with Gasteiger partial charge >= 0.3 is 5.97 Å². The fourth-order valence-electron chi connectivity index (χ4n) is 2.19. The smallest absolute Gasteiger partial charge is 0.340 e. The lowest BCUT2D eigenvalue weighted by Crippen LogP contribution is -2.07. The number of aromatic nitrogens is 1. The highest BCUT2D eigenvalue weighted by Gasteiger charge is 2.13. The third-order valence-electron chi connectivity index (χ3n) is 3.28. The monoisotopic (exact) mass is 365 g/mol. The molecule has 1 aromatic heterocycles. The van der Waals surface area contributed by atoms with E-state index in [-0.39, 0.29) is 5.97 Å². The maximum absolute atomic E-state index is 12.2. The molecule has 6 heteroatoms. The standard InChI is InChI=1S/C17H13Cl2NO2S/c18-11-5-6-14(19)16(9-11)23-8-7-22-17(21)13-10-20-15-4-2-1-3-12(13)15/h1-6,9-10,20H,7-8H2. The van der Waals surface area contributed by atoms with Crippen LogP contribution in [0.1, 0.15) is 10.4 Å². The van der Waals surface area contributed by atoms with Gasteiger partial charge in [0.2, 0.25) is 0 Å². The molecule has 3 aromatic rings. The van der Waals surface area contributed by atoms with Crippen LogP contribution in [-0.4, -0.2) is 23.3 Å². The summed E-state index contributed by atoms with van der Waals surface area (Å²) in [6, 6.07) is 12.9. The first-order valence-corrected chi connectivity index (χ1v) is 8.70. The summed E-state index contributed by atoms with van der Waals surface area (Å²) in [7, 11) is 0. The SMILES string of the molecule is O=C(OCCSc1cc(Cl)ccc1Cl)c1c[nH]c2ccccc12. The Bertz CT molecular complexity index is 847. The molecule has 0 bridgehead atoms. The van der Waals surface area contributed by atoms with Crippen LogP contribution in [-0.2, 0) is 4.74 Å². The summed E-state index contributed by atoms with van der Waals surface area (Å²) < 4.78 is 5.33. The topological polar surface area (TPSA) is 42.1 Å². The molecule has 1 heterocycles. The number of rotatable bonds is 5. The van der Waals surface area contributed by atoms with E-state index in [0.717, 1.165) is 15.8 Å². The minimum atomic E-state index is -0.333. The molecule has 0 aliphatic rings. The normalized spacial score (nSPS) is 10.9. The number of benzene rings is 2. The Balaban J connectivity index is 1.56. The number of carbonyl (C=O) groups is 1. The Morgan fingerprint density at radius 2 is 2.00 bits per heavy atom. The second-order valence-electron chi connectivity index (χ2n) is 4.81. The Kier molecular flexibility index (Phi) is 5.16. The van der Waals surface area contributed by atoms with E-state index in [2.05, 4.69) is 4.98 Å². The molecular weight excluding hydrogens is 353 g/mol. The lowest BCUT2D eigenvalue weighted by molar-refractivity contribution is 0.0532.